The molecule has 1 aromatic carbocycles. The van der Waals surface area contributed by atoms with Gasteiger partial charge in [0.1, 0.15) is 0 Å². The highest BCUT2D eigenvalue weighted by Crippen LogP contribution is 2.27. The van der Waals surface area contributed by atoms with Gasteiger partial charge in [0.15, 0.2) is 0 Å². The van der Waals surface area contributed by atoms with Crippen molar-refractivity contribution < 1.29 is 0 Å². The molecular formula is C8H6Cl2N2. The van der Waals surface area contributed by atoms with Gasteiger partial charge in [0.2, 0.25) is 0 Å². The van der Waals surface area contributed by atoms with E-state index >= 15 is 0 Å². The van der Waals surface area contributed by atoms with Crippen LogP contribution in [0.25, 0.3) is 10.9 Å². The topological polar surface area (TPSA) is 28.7 Å². The molecule has 0 radical (unpaired) electrons. The van der Waals surface area contributed by atoms with E-state index in [4.69, 9.17) is 23.2 Å². The minimum absolute atomic E-state index is 0.538. The SMILES string of the molecule is Cc1[nH]nc2cc(Cl)c(Cl)cc12. The van der Waals surface area contributed by atoms with E-state index < -0.39 is 0 Å². The fourth-order valence-corrected chi connectivity index (χ4v) is 1.46. The number of benzene rings is 1. The molecule has 0 aliphatic carbocycles. The highest BCUT2D eigenvalue weighted by Gasteiger charge is 2.04. The maximum absolute atomic E-state index is 5.84. The molecule has 0 aliphatic heterocycles. The largest absolute Gasteiger partial charge is 0.282 e. The van der Waals surface area contributed by atoms with Crippen LogP contribution >= 0.6 is 23.2 Å². The number of nitrogens with one attached hydrogen (secondary N) is 1. The van der Waals surface area contributed by atoms with Crippen LogP contribution in [0, 0.1) is 6.92 Å². The number of fused-ring (bicyclic) bond motifs is 1. The van der Waals surface area contributed by atoms with Crippen molar-refractivity contribution in [1.82, 2.24) is 10.2 Å². The van der Waals surface area contributed by atoms with E-state index in [9.17, 15) is 0 Å². The zero-order valence-electron chi connectivity index (χ0n) is 6.36. The summed E-state index contributed by atoms with van der Waals surface area (Å²) in [6.45, 7) is 1.94. The first kappa shape index (κ1) is 7.90. The fraction of sp³-hybridized carbons (Fsp3) is 0.125. The lowest BCUT2D eigenvalue weighted by molar-refractivity contribution is 1.07. The second kappa shape index (κ2) is 2.64. The van der Waals surface area contributed by atoms with Gasteiger partial charge in [0, 0.05) is 11.1 Å². The van der Waals surface area contributed by atoms with Gasteiger partial charge in [0.25, 0.3) is 0 Å². The summed E-state index contributed by atoms with van der Waals surface area (Å²) in [5.41, 5.74) is 1.85. The monoisotopic (exact) mass is 200 g/mol. The van der Waals surface area contributed by atoms with Gasteiger partial charge in [-0.2, -0.15) is 5.10 Å². The van der Waals surface area contributed by atoms with Gasteiger partial charge in [0.05, 0.1) is 15.6 Å². The summed E-state index contributed by atoms with van der Waals surface area (Å²) in [5, 5.41) is 9.04. The minimum atomic E-state index is 0.538. The molecule has 0 saturated carbocycles. The van der Waals surface area contributed by atoms with Gasteiger partial charge in [-0.15, -0.1) is 0 Å². The van der Waals surface area contributed by atoms with Gasteiger partial charge in [-0.1, -0.05) is 23.2 Å². The van der Waals surface area contributed by atoms with Crippen molar-refractivity contribution in [1.29, 1.82) is 0 Å². The first-order chi connectivity index (χ1) is 5.68. The minimum Gasteiger partial charge on any atom is -0.282 e. The lowest BCUT2D eigenvalue weighted by Gasteiger charge is -1.94. The zero-order valence-corrected chi connectivity index (χ0v) is 7.87. The van der Waals surface area contributed by atoms with Crippen molar-refractivity contribution in [2.75, 3.05) is 0 Å². The number of aromatic nitrogens is 2. The summed E-state index contributed by atoms with van der Waals surface area (Å²) >= 11 is 11.7. The molecule has 0 aliphatic rings. The van der Waals surface area contributed by atoms with E-state index in [-0.39, 0.29) is 0 Å². The maximum atomic E-state index is 5.84. The van der Waals surface area contributed by atoms with E-state index in [1.807, 2.05) is 13.0 Å². The molecule has 0 unspecified atom stereocenters. The Bertz CT molecular complexity index is 434. The molecule has 1 heterocycles. The lowest BCUT2D eigenvalue weighted by atomic mass is 10.2. The van der Waals surface area contributed by atoms with E-state index in [0.29, 0.717) is 10.0 Å². The van der Waals surface area contributed by atoms with E-state index in [0.717, 1.165) is 16.6 Å². The fourth-order valence-electron chi connectivity index (χ4n) is 1.13. The third-order valence-corrected chi connectivity index (χ3v) is 2.51. The van der Waals surface area contributed by atoms with E-state index in [1.165, 1.54) is 0 Å². The van der Waals surface area contributed by atoms with Crippen LogP contribution in [-0.2, 0) is 0 Å². The number of rotatable bonds is 0. The molecule has 1 aromatic heterocycles. The number of nitrogens with zero attached hydrogens (tertiary/aromatic N) is 1. The van der Waals surface area contributed by atoms with Gasteiger partial charge in [-0.25, -0.2) is 0 Å². The number of hydrogen-bond donors (Lipinski definition) is 1. The van der Waals surface area contributed by atoms with Crippen LogP contribution in [0.5, 0.6) is 0 Å². The van der Waals surface area contributed by atoms with Crippen LogP contribution in [0.4, 0.5) is 0 Å². The molecule has 2 nitrogen and oxygen atoms in total. The van der Waals surface area contributed by atoms with Crippen molar-refractivity contribution in [3.8, 4) is 0 Å². The summed E-state index contributed by atoms with van der Waals surface area (Å²) in [5.74, 6) is 0. The predicted molar refractivity (Wildman–Crippen MR) is 50.9 cm³/mol. The molecule has 12 heavy (non-hydrogen) atoms. The Kier molecular flexibility index (Phi) is 1.74. The average molecular weight is 201 g/mol. The predicted octanol–water partition coefficient (Wildman–Crippen LogP) is 3.18. The first-order valence-electron chi connectivity index (χ1n) is 3.48. The Hall–Kier alpha value is -0.730. The van der Waals surface area contributed by atoms with Crippen LogP contribution in [0.3, 0.4) is 0 Å². The zero-order chi connectivity index (χ0) is 8.72. The molecule has 0 amide bonds. The molecule has 0 spiro atoms. The van der Waals surface area contributed by atoms with Crippen molar-refractivity contribution in [2.45, 2.75) is 6.92 Å². The third kappa shape index (κ3) is 1.08. The van der Waals surface area contributed by atoms with Gasteiger partial charge >= 0.3 is 0 Å². The van der Waals surface area contributed by atoms with Crippen LogP contribution < -0.4 is 0 Å². The first-order valence-corrected chi connectivity index (χ1v) is 4.24. The van der Waals surface area contributed by atoms with Crippen molar-refractivity contribution in [2.24, 2.45) is 0 Å². The summed E-state index contributed by atoms with van der Waals surface area (Å²) in [6.07, 6.45) is 0. The Morgan fingerprint density at radius 2 is 1.92 bits per heavy atom. The molecule has 0 atom stereocenters. The van der Waals surface area contributed by atoms with Crippen LogP contribution in [0.15, 0.2) is 12.1 Å². The second-order valence-corrected chi connectivity index (χ2v) is 3.45. The summed E-state index contributed by atoms with van der Waals surface area (Å²) < 4.78 is 0. The van der Waals surface area contributed by atoms with Crippen LogP contribution in [0.1, 0.15) is 5.69 Å². The van der Waals surface area contributed by atoms with Crippen molar-refractivity contribution in [3.05, 3.63) is 27.9 Å². The van der Waals surface area contributed by atoms with Gasteiger partial charge in [-0.05, 0) is 19.1 Å². The quantitative estimate of drug-likeness (QED) is 0.696. The van der Waals surface area contributed by atoms with Gasteiger partial charge < -0.3 is 0 Å². The summed E-state index contributed by atoms with van der Waals surface area (Å²) in [6, 6.07) is 3.57. The van der Waals surface area contributed by atoms with E-state index in [2.05, 4.69) is 10.2 Å². The number of H-pyrrole nitrogens is 1. The molecule has 2 rings (SSSR count). The lowest BCUT2D eigenvalue weighted by Crippen LogP contribution is -1.72. The van der Waals surface area contributed by atoms with Crippen molar-refractivity contribution >= 4 is 34.1 Å². The van der Waals surface area contributed by atoms with Crippen molar-refractivity contribution in [3.63, 3.8) is 0 Å². The standard InChI is InChI=1S/C8H6Cl2N2/c1-4-5-2-6(9)7(10)3-8(5)12-11-4/h2-3H,1H3,(H,11,12). The Labute approximate surface area is 79.5 Å². The Morgan fingerprint density at radius 3 is 2.67 bits per heavy atom. The molecule has 0 fully saturated rings. The number of aromatic amines is 1. The highest BCUT2D eigenvalue weighted by atomic mass is 35.5. The normalized spacial score (nSPS) is 10.9. The second-order valence-electron chi connectivity index (χ2n) is 2.63. The Balaban J connectivity index is 2.87. The molecule has 62 valence electrons. The number of halogens is 2. The highest BCUT2D eigenvalue weighted by molar-refractivity contribution is 6.42. The summed E-state index contributed by atoms with van der Waals surface area (Å²) in [4.78, 5) is 0. The van der Waals surface area contributed by atoms with Crippen LogP contribution in [0.2, 0.25) is 10.0 Å². The molecule has 1 N–H and O–H groups in total. The average Bonchev–Trinajstić information content (AvgIpc) is 2.35. The molecule has 2 aromatic rings. The number of aryl methyl sites for hydroxylation is 1. The maximum Gasteiger partial charge on any atom is 0.0939 e. The third-order valence-electron chi connectivity index (χ3n) is 1.79. The summed E-state index contributed by atoms with van der Waals surface area (Å²) in [7, 11) is 0. The smallest absolute Gasteiger partial charge is 0.0939 e. The number of hydrogen-bond acceptors (Lipinski definition) is 1. The molecule has 4 heteroatoms. The van der Waals surface area contributed by atoms with E-state index in [1.54, 1.807) is 6.07 Å². The molecule has 0 bridgehead atoms. The van der Waals surface area contributed by atoms with Gasteiger partial charge in [-0.3, -0.25) is 5.10 Å². The molecular weight excluding hydrogens is 195 g/mol. The van der Waals surface area contributed by atoms with Crippen LogP contribution in [-0.4, -0.2) is 10.2 Å². The molecule has 0 saturated heterocycles. The Morgan fingerprint density at radius 1 is 1.25 bits per heavy atom.